The molecule has 2 aliphatic rings. The highest BCUT2D eigenvalue weighted by atomic mass is 16.1. The Bertz CT molecular complexity index is 572. The van der Waals surface area contributed by atoms with Crippen molar-refractivity contribution in [3.63, 3.8) is 0 Å². The molecule has 2 N–H and O–H groups in total. The average molecular weight is 303 g/mol. The first-order valence-corrected chi connectivity index (χ1v) is 8.93. The van der Waals surface area contributed by atoms with Gasteiger partial charge in [0.1, 0.15) is 0 Å². The normalized spacial score (nSPS) is 20.1. The molecule has 4 nitrogen and oxygen atoms in total. The number of rotatable bonds is 4. The first-order chi connectivity index (χ1) is 10.7. The van der Waals surface area contributed by atoms with Crippen LogP contribution < -0.4 is 11.3 Å². The van der Waals surface area contributed by atoms with Gasteiger partial charge in [-0.25, -0.2) is 0 Å². The van der Waals surface area contributed by atoms with Gasteiger partial charge in [0.25, 0.3) is 5.56 Å². The van der Waals surface area contributed by atoms with Gasteiger partial charge in [-0.3, -0.25) is 9.69 Å². The molecule has 0 radical (unpaired) electrons. The van der Waals surface area contributed by atoms with Gasteiger partial charge >= 0.3 is 0 Å². The van der Waals surface area contributed by atoms with E-state index < -0.39 is 0 Å². The molecule has 0 saturated heterocycles. The van der Waals surface area contributed by atoms with Crippen molar-refractivity contribution >= 4 is 0 Å². The number of nitrogens with two attached hydrogens (primary N) is 1. The largest absolute Gasteiger partial charge is 0.326 e. The van der Waals surface area contributed by atoms with Crippen molar-refractivity contribution in [1.29, 1.82) is 0 Å². The quantitative estimate of drug-likeness (QED) is 0.930. The minimum Gasteiger partial charge on any atom is -0.326 e. The summed E-state index contributed by atoms with van der Waals surface area (Å²) in [5, 5.41) is 0. The molecule has 1 aliphatic heterocycles. The Morgan fingerprint density at radius 3 is 2.73 bits per heavy atom. The first-order valence-electron chi connectivity index (χ1n) is 8.93. The van der Waals surface area contributed by atoms with Crippen molar-refractivity contribution in [3.8, 4) is 0 Å². The number of pyridine rings is 1. The molecule has 0 aromatic carbocycles. The Hall–Kier alpha value is -1.13. The van der Waals surface area contributed by atoms with Crippen molar-refractivity contribution in [2.24, 2.45) is 5.73 Å². The lowest BCUT2D eigenvalue weighted by atomic mass is 9.93. The molecule has 0 unspecified atom stereocenters. The summed E-state index contributed by atoms with van der Waals surface area (Å²) in [4.78, 5) is 15.3. The molecule has 1 aromatic rings. The zero-order valence-corrected chi connectivity index (χ0v) is 13.8. The van der Waals surface area contributed by atoms with Crippen molar-refractivity contribution in [1.82, 2.24) is 9.47 Å². The molecule has 0 amide bonds. The summed E-state index contributed by atoms with van der Waals surface area (Å²) in [6.07, 6.45) is 8.31. The summed E-state index contributed by atoms with van der Waals surface area (Å²) < 4.78 is 2.14. The van der Waals surface area contributed by atoms with E-state index in [4.69, 9.17) is 5.73 Å². The molecule has 0 spiro atoms. The van der Waals surface area contributed by atoms with Crippen molar-refractivity contribution < 1.29 is 0 Å². The van der Waals surface area contributed by atoms with Crippen LogP contribution in [0.25, 0.3) is 0 Å². The van der Waals surface area contributed by atoms with Gasteiger partial charge in [0.2, 0.25) is 0 Å². The van der Waals surface area contributed by atoms with E-state index in [0.29, 0.717) is 12.6 Å². The van der Waals surface area contributed by atoms with Crippen molar-refractivity contribution in [2.75, 3.05) is 13.1 Å². The van der Waals surface area contributed by atoms with Gasteiger partial charge in [0.15, 0.2) is 0 Å². The van der Waals surface area contributed by atoms with Crippen LogP contribution in [0, 0.1) is 0 Å². The van der Waals surface area contributed by atoms with Gasteiger partial charge in [-0.1, -0.05) is 26.2 Å². The molecule has 122 valence electrons. The number of hydrogen-bond donors (Lipinski definition) is 1. The lowest BCUT2D eigenvalue weighted by molar-refractivity contribution is 0.242. The monoisotopic (exact) mass is 303 g/mol. The molecule has 1 saturated carbocycles. The minimum atomic E-state index is 0.178. The van der Waals surface area contributed by atoms with E-state index in [1.807, 2.05) is 0 Å². The van der Waals surface area contributed by atoms with Gasteiger partial charge in [-0.2, -0.15) is 0 Å². The van der Waals surface area contributed by atoms with Crippen LogP contribution in [0.4, 0.5) is 0 Å². The zero-order valence-electron chi connectivity index (χ0n) is 13.8. The van der Waals surface area contributed by atoms with E-state index in [2.05, 4.69) is 22.5 Å². The summed E-state index contributed by atoms with van der Waals surface area (Å²) in [6.45, 7) is 5.77. The molecule has 0 atom stereocenters. The third-order valence-electron chi connectivity index (χ3n) is 5.26. The van der Waals surface area contributed by atoms with Crippen LogP contribution in [0.3, 0.4) is 0 Å². The second-order valence-corrected chi connectivity index (χ2v) is 6.84. The number of fused-ring (bicyclic) bond motifs is 1. The van der Waals surface area contributed by atoms with Gasteiger partial charge < -0.3 is 10.3 Å². The molecule has 1 aliphatic carbocycles. The topological polar surface area (TPSA) is 51.3 Å². The van der Waals surface area contributed by atoms with E-state index in [9.17, 15) is 4.79 Å². The molecular weight excluding hydrogens is 274 g/mol. The highest BCUT2D eigenvalue weighted by Gasteiger charge is 2.25. The lowest BCUT2D eigenvalue weighted by Crippen LogP contribution is -2.39. The second-order valence-electron chi connectivity index (χ2n) is 6.84. The smallest absolute Gasteiger partial charge is 0.255 e. The summed E-state index contributed by atoms with van der Waals surface area (Å²) >= 11 is 0. The van der Waals surface area contributed by atoms with E-state index in [0.717, 1.165) is 44.5 Å². The fourth-order valence-electron chi connectivity index (χ4n) is 4.17. The number of hydrogen-bond acceptors (Lipinski definition) is 3. The van der Waals surface area contributed by atoms with Crippen LogP contribution in [-0.2, 0) is 19.5 Å². The molecule has 0 bridgehead atoms. The Kier molecular flexibility index (Phi) is 4.99. The fourth-order valence-corrected chi connectivity index (χ4v) is 4.17. The maximum atomic E-state index is 12.8. The molecule has 1 aromatic heterocycles. The fraction of sp³-hybridized carbons (Fsp3) is 0.722. The Morgan fingerprint density at radius 2 is 2.05 bits per heavy atom. The van der Waals surface area contributed by atoms with Crippen LogP contribution in [0.2, 0.25) is 0 Å². The molecule has 22 heavy (non-hydrogen) atoms. The van der Waals surface area contributed by atoms with E-state index >= 15 is 0 Å². The van der Waals surface area contributed by atoms with Crippen LogP contribution in [-0.4, -0.2) is 22.6 Å². The molecule has 2 heterocycles. The first kappa shape index (κ1) is 15.8. The van der Waals surface area contributed by atoms with E-state index in [1.54, 1.807) is 0 Å². The van der Waals surface area contributed by atoms with Crippen LogP contribution in [0.5, 0.6) is 0 Å². The Balaban J connectivity index is 2.01. The number of aromatic nitrogens is 1. The zero-order chi connectivity index (χ0) is 15.5. The molecular formula is C18H29N3O. The maximum absolute atomic E-state index is 12.8. The molecule has 4 heteroatoms. The molecule has 1 fully saturated rings. The van der Waals surface area contributed by atoms with Gasteiger partial charge in [-0.05, 0) is 37.4 Å². The standard InChI is InChI=1S/C18H29N3O/c1-2-9-20-10-8-17-15(13-20)11-14(12-19)18(22)21(17)16-6-4-3-5-7-16/h11,16H,2-10,12-13,19H2,1H3. The van der Waals surface area contributed by atoms with Crippen LogP contribution in [0.15, 0.2) is 10.9 Å². The van der Waals surface area contributed by atoms with E-state index in [1.165, 1.54) is 36.9 Å². The van der Waals surface area contributed by atoms with Crippen LogP contribution >= 0.6 is 0 Å². The van der Waals surface area contributed by atoms with Crippen LogP contribution in [0.1, 0.15) is 68.3 Å². The summed E-state index contributed by atoms with van der Waals surface area (Å²) in [5.41, 5.74) is 9.45. The average Bonchev–Trinajstić information content (AvgIpc) is 2.55. The predicted molar refractivity (Wildman–Crippen MR) is 90.0 cm³/mol. The second kappa shape index (κ2) is 6.97. The van der Waals surface area contributed by atoms with E-state index in [-0.39, 0.29) is 5.56 Å². The predicted octanol–water partition coefficient (Wildman–Crippen LogP) is 2.58. The third-order valence-corrected chi connectivity index (χ3v) is 5.26. The summed E-state index contributed by atoms with van der Waals surface area (Å²) in [5.74, 6) is 0. The summed E-state index contributed by atoms with van der Waals surface area (Å²) in [6, 6.07) is 2.48. The van der Waals surface area contributed by atoms with Crippen molar-refractivity contribution in [3.05, 3.63) is 33.2 Å². The number of nitrogens with zero attached hydrogens (tertiary/aromatic N) is 2. The Morgan fingerprint density at radius 1 is 1.27 bits per heavy atom. The third kappa shape index (κ3) is 2.99. The highest BCUT2D eigenvalue weighted by Crippen LogP contribution is 2.30. The van der Waals surface area contributed by atoms with Gasteiger partial charge in [-0.15, -0.1) is 0 Å². The summed E-state index contributed by atoms with van der Waals surface area (Å²) in [7, 11) is 0. The SMILES string of the molecule is CCCN1CCc2c(cc(CN)c(=O)n2C2CCCCC2)C1. The maximum Gasteiger partial charge on any atom is 0.255 e. The molecule has 3 rings (SSSR count). The van der Waals surface area contributed by atoms with Gasteiger partial charge in [0, 0.05) is 43.4 Å². The Labute approximate surface area is 133 Å². The minimum absolute atomic E-state index is 0.178. The lowest BCUT2D eigenvalue weighted by Gasteiger charge is -2.34. The van der Waals surface area contributed by atoms with Crippen molar-refractivity contribution in [2.45, 2.75) is 71.0 Å². The highest BCUT2D eigenvalue weighted by molar-refractivity contribution is 5.29. The van der Waals surface area contributed by atoms with Gasteiger partial charge in [0.05, 0.1) is 0 Å².